The molecule has 3 fully saturated rings. The highest BCUT2D eigenvalue weighted by atomic mass is 16.2. The van der Waals surface area contributed by atoms with Crippen molar-refractivity contribution in [1.82, 2.24) is 25.2 Å². The molecule has 4 rings (SSSR count). The maximum absolute atomic E-state index is 12.7. The summed E-state index contributed by atoms with van der Waals surface area (Å²) in [7, 11) is 0. The lowest BCUT2D eigenvalue weighted by molar-refractivity contribution is 0.0728. The molecule has 3 aliphatic rings. The number of aromatic nitrogens is 3. The maximum Gasteiger partial charge on any atom is 0.276 e. The molecule has 0 unspecified atom stereocenters. The van der Waals surface area contributed by atoms with Crippen LogP contribution in [0.5, 0.6) is 0 Å². The molecule has 1 aromatic heterocycles. The summed E-state index contributed by atoms with van der Waals surface area (Å²) in [5, 5.41) is 11.7. The quantitative estimate of drug-likeness (QED) is 0.885. The van der Waals surface area contributed by atoms with E-state index in [1.807, 2.05) is 10.9 Å². The molecule has 0 atom stereocenters. The third kappa shape index (κ3) is 2.95. The van der Waals surface area contributed by atoms with Crippen LogP contribution in [0, 0.1) is 5.92 Å². The maximum atomic E-state index is 12.7. The number of carbonyl (C=O) groups is 1. The minimum absolute atomic E-state index is 0.0876. The van der Waals surface area contributed by atoms with Gasteiger partial charge in [-0.15, -0.1) is 5.10 Å². The van der Waals surface area contributed by atoms with Crippen LogP contribution < -0.4 is 5.32 Å². The number of piperidine rings is 1. The summed E-state index contributed by atoms with van der Waals surface area (Å²) in [4.78, 5) is 14.7. The Labute approximate surface area is 124 Å². The van der Waals surface area contributed by atoms with Gasteiger partial charge in [0.15, 0.2) is 5.69 Å². The minimum Gasteiger partial charge on any atom is -0.334 e. The van der Waals surface area contributed by atoms with Crippen molar-refractivity contribution < 1.29 is 4.79 Å². The summed E-state index contributed by atoms with van der Waals surface area (Å²) >= 11 is 0. The van der Waals surface area contributed by atoms with Gasteiger partial charge in [0.1, 0.15) is 0 Å². The molecule has 2 saturated carbocycles. The average molecular weight is 289 g/mol. The van der Waals surface area contributed by atoms with E-state index in [-0.39, 0.29) is 5.91 Å². The van der Waals surface area contributed by atoms with E-state index in [2.05, 4.69) is 20.5 Å². The Morgan fingerprint density at radius 3 is 2.67 bits per heavy atom. The van der Waals surface area contributed by atoms with E-state index in [1.54, 1.807) is 0 Å². The summed E-state index contributed by atoms with van der Waals surface area (Å²) in [5.41, 5.74) is 0.529. The second kappa shape index (κ2) is 5.40. The van der Waals surface area contributed by atoms with Crippen molar-refractivity contribution in [2.75, 3.05) is 19.6 Å². The first kappa shape index (κ1) is 13.2. The Morgan fingerprint density at radius 2 is 2.00 bits per heavy atom. The molecule has 0 spiro atoms. The predicted molar refractivity (Wildman–Crippen MR) is 77.9 cm³/mol. The molecule has 0 radical (unpaired) electrons. The molecular weight excluding hydrogens is 266 g/mol. The summed E-state index contributed by atoms with van der Waals surface area (Å²) in [6.07, 6.45) is 8.84. The van der Waals surface area contributed by atoms with Crippen LogP contribution in [0.25, 0.3) is 0 Å². The van der Waals surface area contributed by atoms with Crippen LogP contribution in [-0.4, -0.2) is 51.5 Å². The zero-order valence-corrected chi connectivity index (χ0v) is 12.4. The van der Waals surface area contributed by atoms with Crippen molar-refractivity contribution in [3.8, 4) is 0 Å². The van der Waals surface area contributed by atoms with Crippen molar-refractivity contribution in [3.63, 3.8) is 0 Å². The molecule has 2 aliphatic carbocycles. The van der Waals surface area contributed by atoms with E-state index in [0.29, 0.717) is 17.8 Å². The van der Waals surface area contributed by atoms with Gasteiger partial charge in [-0.2, -0.15) is 0 Å². The lowest BCUT2D eigenvalue weighted by Crippen LogP contribution is -2.35. The number of nitrogens with zero attached hydrogens (tertiary/aromatic N) is 4. The van der Waals surface area contributed by atoms with Gasteiger partial charge in [-0.1, -0.05) is 5.21 Å². The monoisotopic (exact) mass is 289 g/mol. The van der Waals surface area contributed by atoms with Crippen molar-refractivity contribution in [1.29, 1.82) is 0 Å². The fourth-order valence-electron chi connectivity index (χ4n) is 3.13. The van der Waals surface area contributed by atoms with E-state index in [4.69, 9.17) is 0 Å². The first-order valence-electron chi connectivity index (χ1n) is 8.25. The largest absolute Gasteiger partial charge is 0.334 e. The van der Waals surface area contributed by atoms with Gasteiger partial charge in [0, 0.05) is 12.6 Å². The van der Waals surface area contributed by atoms with Crippen LogP contribution in [0.4, 0.5) is 0 Å². The zero-order chi connectivity index (χ0) is 14.2. The molecule has 1 saturated heterocycles. The highest BCUT2D eigenvalue weighted by molar-refractivity contribution is 5.92. The molecule has 1 N–H and O–H groups in total. The molecule has 0 bridgehead atoms. The predicted octanol–water partition coefficient (Wildman–Crippen LogP) is 1.22. The highest BCUT2D eigenvalue weighted by Crippen LogP contribution is 2.35. The first-order chi connectivity index (χ1) is 10.3. The summed E-state index contributed by atoms with van der Waals surface area (Å²) in [6, 6.07) is 0.847. The molecule has 1 amide bonds. The van der Waals surface area contributed by atoms with E-state index in [9.17, 15) is 4.79 Å². The number of nitrogens with one attached hydrogen (secondary N) is 1. The molecular formula is C15H23N5O. The van der Waals surface area contributed by atoms with Crippen LogP contribution in [0.3, 0.4) is 0 Å². The van der Waals surface area contributed by atoms with Crippen LogP contribution in [-0.2, 0) is 0 Å². The Hall–Kier alpha value is -1.43. The Morgan fingerprint density at radius 1 is 1.24 bits per heavy atom. The molecule has 6 nitrogen and oxygen atoms in total. The zero-order valence-electron chi connectivity index (χ0n) is 12.4. The average Bonchev–Trinajstić information content (AvgIpc) is 3.44. The summed E-state index contributed by atoms with van der Waals surface area (Å²) in [6.45, 7) is 2.96. The minimum atomic E-state index is 0.0876. The van der Waals surface area contributed by atoms with Gasteiger partial charge >= 0.3 is 0 Å². The van der Waals surface area contributed by atoms with Gasteiger partial charge in [0.05, 0.1) is 12.2 Å². The van der Waals surface area contributed by atoms with Crippen molar-refractivity contribution in [2.45, 2.75) is 50.6 Å². The molecule has 6 heteroatoms. The Kier molecular flexibility index (Phi) is 3.41. The van der Waals surface area contributed by atoms with Gasteiger partial charge in [-0.25, -0.2) is 4.68 Å². The van der Waals surface area contributed by atoms with Crippen molar-refractivity contribution in [2.24, 2.45) is 5.92 Å². The topological polar surface area (TPSA) is 63.1 Å². The van der Waals surface area contributed by atoms with Crippen LogP contribution in [0.2, 0.25) is 0 Å². The summed E-state index contributed by atoms with van der Waals surface area (Å²) < 4.78 is 1.90. The van der Waals surface area contributed by atoms with Gasteiger partial charge in [-0.05, 0) is 57.5 Å². The highest BCUT2D eigenvalue weighted by Gasteiger charge is 2.37. The normalized spacial score (nSPS) is 23.2. The summed E-state index contributed by atoms with van der Waals surface area (Å²) in [5.74, 6) is 0.818. The SMILES string of the molecule is O=C(c1cn(C2CCNCC2)nn1)N(CC1CC1)C1CC1. The number of hydrogen-bond acceptors (Lipinski definition) is 4. The number of amides is 1. The van der Waals surface area contributed by atoms with E-state index >= 15 is 0 Å². The van der Waals surface area contributed by atoms with Gasteiger partial charge in [0.25, 0.3) is 5.91 Å². The van der Waals surface area contributed by atoms with Gasteiger partial charge in [0.2, 0.25) is 0 Å². The van der Waals surface area contributed by atoms with Crippen LogP contribution in [0.15, 0.2) is 6.20 Å². The lowest BCUT2D eigenvalue weighted by Gasteiger charge is -2.22. The molecule has 114 valence electrons. The van der Waals surface area contributed by atoms with Gasteiger partial charge in [-0.3, -0.25) is 4.79 Å². The number of carbonyl (C=O) groups excluding carboxylic acids is 1. The van der Waals surface area contributed by atoms with Crippen molar-refractivity contribution in [3.05, 3.63) is 11.9 Å². The Balaban J connectivity index is 1.46. The molecule has 2 heterocycles. The fraction of sp³-hybridized carbons (Fsp3) is 0.800. The molecule has 1 aromatic rings. The second-order valence-electron chi connectivity index (χ2n) is 6.70. The third-order valence-corrected chi connectivity index (χ3v) is 4.81. The van der Waals surface area contributed by atoms with Crippen LogP contribution in [0.1, 0.15) is 55.1 Å². The van der Waals surface area contributed by atoms with E-state index < -0.39 is 0 Å². The molecule has 21 heavy (non-hydrogen) atoms. The van der Waals surface area contributed by atoms with E-state index in [1.165, 1.54) is 12.8 Å². The fourth-order valence-corrected chi connectivity index (χ4v) is 3.13. The standard InChI is InChI=1S/C15H23N5O/c21-15(19(12-3-4-12)9-11-1-2-11)14-10-20(18-17-14)13-5-7-16-8-6-13/h10-13,16H,1-9H2. The first-order valence-corrected chi connectivity index (χ1v) is 8.25. The molecule has 1 aliphatic heterocycles. The second-order valence-corrected chi connectivity index (χ2v) is 6.70. The third-order valence-electron chi connectivity index (χ3n) is 4.81. The van der Waals surface area contributed by atoms with Crippen LogP contribution >= 0.6 is 0 Å². The van der Waals surface area contributed by atoms with E-state index in [0.717, 1.165) is 51.2 Å². The number of hydrogen-bond donors (Lipinski definition) is 1. The Bertz CT molecular complexity index is 514. The smallest absolute Gasteiger partial charge is 0.276 e. The number of rotatable bonds is 5. The molecule has 0 aromatic carbocycles. The van der Waals surface area contributed by atoms with Crippen molar-refractivity contribution >= 4 is 5.91 Å². The lowest BCUT2D eigenvalue weighted by atomic mass is 10.1. The van der Waals surface area contributed by atoms with Gasteiger partial charge < -0.3 is 10.2 Å².